The highest BCUT2D eigenvalue weighted by molar-refractivity contribution is 6.01. The molecule has 0 fully saturated rings. The van der Waals surface area contributed by atoms with Gasteiger partial charge in [-0.05, 0) is 30.3 Å². The van der Waals surface area contributed by atoms with E-state index in [2.05, 4.69) is 15.8 Å². The average Bonchev–Trinajstić information content (AvgIpc) is 3.42. The third-order valence-electron chi connectivity index (χ3n) is 5.21. The van der Waals surface area contributed by atoms with Crippen LogP contribution in [-0.2, 0) is 11.3 Å². The first-order chi connectivity index (χ1) is 16.2. The van der Waals surface area contributed by atoms with Gasteiger partial charge >= 0.3 is 5.91 Å². The summed E-state index contributed by atoms with van der Waals surface area (Å²) in [7, 11) is 0. The number of hydrogen-bond acceptors (Lipinski definition) is 4. The maximum atomic E-state index is 12.5. The fourth-order valence-corrected chi connectivity index (χ4v) is 3.69. The Balaban J connectivity index is 1.32. The summed E-state index contributed by atoms with van der Waals surface area (Å²) in [5.74, 6) is -0.384. The zero-order valence-corrected chi connectivity index (χ0v) is 17.6. The molecule has 5 rings (SSSR count). The Labute approximate surface area is 189 Å². The van der Waals surface area contributed by atoms with Gasteiger partial charge in [-0.2, -0.15) is 5.10 Å². The monoisotopic (exact) mass is 436 g/mol. The molecule has 162 valence electrons. The van der Waals surface area contributed by atoms with Crippen molar-refractivity contribution < 1.29 is 14.0 Å². The second-order valence-electron chi connectivity index (χ2n) is 7.49. The largest absolute Gasteiger partial charge is 0.451 e. The molecular formula is C26H20N4O3. The number of carbonyl (C=O) groups excluding carboxylic acids is 2. The van der Waals surface area contributed by atoms with Crippen molar-refractivity contribution in [2.75, 3.05) is 5.32 Å². The molecule has 7 heteroatoms. The number of hydrogen-bond donors (Lipinski definition) is 2. The quantitative estimate of drug-likeness (QED) is 0.296. The summed E-state index contributed by atoms with van der Waals surface area (Å²) in [6, 6.07) is 26.1. The summed E-state index contributed by atoms with van der Waals surface area (Å²) in [6.45, 7) is 0.147. The van der Waals surface area contributed by atoms with E-state index >= 15 is 0 Å². The fraction of sp³-hybridized carbons (Fsp3) is 0.0385. The van der Waals surface area contributed by atoms with Crippen molar-refractivity contribution in [3.8, 4) is 0 Å². The Morgan fingerprint density at radius 1 is 0.939 bits per heavy atom. The number of anilines is 1. The van der Waals surface area contributed by atoms with E-state index in [1.165, 1.54) is 0 Å². The van der Waals surface area contributed by atoms with Gasteiger partial charge in [-0.3, -0.25) is 9.59 Å². The highest BCUT2D eigenvalue weighted by Crippen LogP contribution is 2.21. The number of nitrogens with zero attached hydrogens (tertiary/aromatic N) is 2. The van der Waals surface area contributed by atoms with Crippen molar-refractivity contribution in [3.05, 3.63) is 102 Å². The van der Waals surface area contributed by atoms with E-state index in [9.17, 15) is 9.59 Å². The summed E-state index contributed by atoms with van der Waals surface area (Å²) in [5.41, 5.74) is 5.57. The number of carbonyl (C=O) groups is 2. The standard InChI is InChI=1S/C26H20N4O3/c31-25(28-20-9-2-1-3-10-20)17-30-16-19(21-11-5-6-12-22(21)30)15-27-29-26(32)24-14-18-8-4-7-13-23(18)33-24/h1-16H,17H2,(H,28,31)(H,29,32). The van der Waals surface area contributed by atoms with Crippen LogP contribution in [0.3, 0.4) is 0 Å². The number of hydrazone groups is 1. The van der Waals surface area contributed by atoms with Gasteiger partial charge in [0, 0.05) is 33.7 Å². The van der Waals surface area contributed by atoms with E-state index in [-0.39, 0.29) is 18.2 Å². The number of fused-ring (bicyclic) bond motifs is 2. The van der Waals surface area contributed by atoms with Gasteiger partial charge in [0.2, 0.25) is 5.91 Å². The van der Waals surface area contributed by atoms with E-state index < -0.39 is 5.91 Å². The minimum Gasteiger partial charge on any atom is -0.451 e. The normalized spacial score (nSPS) is 11.3. The lowest BCUT2D eigenvalue weighted by molar-refractivity contribution is -0.116. The minimum atomic E-state index is -0.437. The topological polar surface area (TPSA) is 88.6 Å². The number of rotatable bonds is 6. The first-order valence-corrected chi connectivity index (χ1v) is 10.4. The molecule has 2 aromatic heterocycles. The number of para-hydroxylation sites is 3. The summed E-state index contributed by atoms with van der Waals surface area (Å²) in [4.78, 5) is 25.0. The maximum absolute atomic E-state index is 12.5. The van der Waals surface area contributed by atoms with E-state index in [0.29, 0.717) is 5.58 Å². The molecule has 3 aromatic carbocycles. The molecule has 33 heavy (non-hydrogen) atoms. The number of benzene rings is 3. The lowest BCUT2D eigenvalue weighted by atomic mass is 10.2. The number of furan rings is 1. The van der Waals surface area contributed by atoms with Crippen LogP contribution in [0.1, 0.15) is 16.1 Å². The highest BCUT2D eigenvalue weighted by Gasteiger charge is 2.12. The van der Waals surface area contributed by atoms with Crippen LogP contribution in [0.4, 0.5) is 5.69 Å². The van der Waals surface area contributed by atoms with Crippen molar-refractivity contribution in [1.82, 2.24) is 9.99 Å². The summed E-state index contributed by atoms with van der Waals surface area (Å²) in [5, 5.41) is 8.76. The Morgan fingerprint density at radius 3 is 2.55 bits per heavy atom. The second kappa shape index (κ2) is 8.84. The van der Waals surface area contributed by atoms with Gasteiger partial charge < -0.3 is 14.3 Å². The molecular weight excluding hydrogens is 416 g/mol. The summed E-state index contributed by atoms with van der Waals surface area (Å²) >= 11 is 0. The van der Waals surface area contributed by atoms with Crippen molar-refractivity contribution in [2.24, 2.45) is 5.10 Å². The molecule has 2 N–H and O–H groups in total. The third kappa shape index (κ3) is 4.38. The molecule has 2 heterocycles. The first kappa shape index (κ1) is 20.3. The maximum Gasteiger partial charge on any atom is 0.307 e. The van der Waals surface area contributed by atoms with Gasteiger partial charge in [0.1, 0.15) is 12.1 Å². The second-order valence-corrected chi connectivity index (χ2v) is 7.49. The zero-order valence-electron chi connectivity index (χ0n) is 17.6. The lowest BCUT2D eigenvalue weighted by Crippen LogP contribution is -2.18. The van der Waals surface area contributed by atoms with Gasteiger partial charge in [-0.25, -0.2) is 5.43 Å². The molecule has 0 atom stereocenters. The molecule has 0 spiro atoms. The van der Waals surface area contributed by atoms with Crippen LogP contribution < -0.4 is 10.7 Å². The lowest BCUT2D eigenvalue weighted by Gasteiger charge is -2.07. The summed E-state index contributed by atoms with van der Waals surface area (Å²) < 4.78 is 7.42. The number of aromatic nitrogens is 1. The van der Waals surface area contributed by atoms with Crippen molar-refractivity contribution in [3.63, 3.8) is 0 Å². The van der Waals surface area contributed by atoms with Crippen molar-refractivity contribution >= 4 is 45.6 Å². The molecule has 0 unspecified atom stereocenters. The van der Waals surface area contributed by atoms with Crippen LogP contribution >= 0.6 is 0 Å². The Hall–Kier alpha value is -4.65. The zero-order chi connectivity index (χ0) is 22.6. The molecule has 0 bridgehead atoms. The van der Waals surface area contributed by atoms with Crippen LogP contribution in [-0.4, -0.2) is 22.6 Å². The molecule has 0 saturated carbocycles. The predicted molar refractivity (Wildman–Crippen MR) is 128 cm³/mol. The molecule has 7 nitrogen and oxygen atoms in total. The average molecular weight is 436 g/mol. The molecule has 0 aliphatic heterocycles. The van der Waals surface area contributed by atoms with Gasteiger partial charge in [-0.15, -0.1) is 0 Å². The van der Waals surface area contributed by atoms with Gasteiger partial charge in [0.25, 0.3) is 0 Å². The van der Waals surface area contributed by atoms with Crippen molar-refractivity contribution in [2.45, 2.75) is 6.54 Å². The van der Waals surface area contributed by atoms with Crippen LogP contribution in [0.2, 0.25) is 0 Å². The van der Waals surface area contributed by atoms with E-state index in [4.69, 9.17) is 4.42 Å². The number of amides is 2. The smallest absolute Gasteiger partial charge is 0.307 e. The Kier molecular flexibility index (Phi) is 5.43. The Bertz CT molecular complexity index is 1450. The van der Waals surface area contributed by atoms with Crippen LogP contribution in [0.25, 0.3) is 21.9 Å². The molecule has 0 radical (unpaired) electrons. The van der Waals surface area contributed by atoms with E-state index in [0.717, 1.165) is 27.5 Å². The third-order valence-corrected chi connectivity index (χ3v) is 5.21. The van der Waals surface area contributed by atoms with E-state index in [1.807, 2.05) is 83.6 Å². The summed E-state index contributed by atoms with van der Waals surface area (Å²) in [6.07, 6.45) is 3.40. The molecule has 0 saturated heterocycles. The van der Waals surface area contributed by atoms with Gasteiger partial charge in [0.05, 0.1) is 6.21 Å². The van der Waals surface area contributed by atoms with Crippen LogP contribution in [0.15, 0.2) is 101 Å². The van der Waals surface area contributed by atoms with Crippen molar-refractivity contribution in [1.29, 1.82) is 0 Å². The van der Waals surface area contributed by atoms with Crippen LogP contribution in [0, 0.1) is 0 Å². The van der Waals surface area contributed by atoms with Gasteiger partial charge in [0.15, 0.2) is 5.76 Å². The first-order valence-electron chi connectivity index (χ1n) is 10.4. The number of nitrogens with one attached hydrogen (secondary N) is 2. The van der Waals surface area contributed by atoms with Gasteiger partial charge in [-0.1, -0.05) is 54.6 Å². The van der Waals surface area contributed by atoms with E-state index in [1.54, 1.807) is 18.3 Å². The predicted octanol–water partition coefficient (Wildman–Crippen LogP) is 4.79. The molecule has 0 aliphatic carbocycles. The SMILES string of the molecule is O=C(Cn1cc(C=NNC(=O)c2cc3ccccc3o2)c2ccccc21)Nc1ccccc1. The van der Waals surface area contributed by atoms with Crippen LogP contribution in [0.5, 0.6) is 0 Å². The highest BCUT2D eigenvalue weighted by atomic mass is 16.3. The minimum absolute atomic E-state index is 0.136. The molecule has 5 aromatic rings. The molecule has 0 aliphatic rings. The molecule has 2 amide bonds. The fourth-order valence-electron chi connectivity index (χ4n) is 3.69. The Morgan fingerprint density at radius 2 is 1.70 bits per heavy atom.